The van der Waals surface area contributed by atoms with Gasteiger partial charge < -0.3 is 15.4 Å². The van der Waals surface area contributed by atoms with Crippen LogP contribution in [0.3, 0.4) is 0 Å². The molecule has 0 heterocycles. The van der Waals surface area contributed by atoms with Crippen molar-refractivity contribution < 1.29 is 17.9 Å². The molecular weight excluding hydrogens is 292 g/mol. The number of carbonyl (C=O) groups is 1. The number of hydrogen-bond donors (Lipinski definition) is 2. The van der Waals surface area contributed by atoms with Crippen LogP contribution in [-0.4, -0.2) is 47.0 Å². The van der Waals surface area contributed by atoms with Crippen molar-refractivity contribution in [2.75, 3.05) is 32.6 Å². The highest BCUT2D eigenvalue weighted by Gasteiger charge is 2.13. The number of amides is 2. The van der Waals surface area contributed by atoms with Gasteiger partial charge in [-0.3, -0.25) is 0 Å². The predicted octanol–water partition coefficient (Wildman–Crippen LogP) is 1.19. The fourth-order valence-electron chi connectivity index (χ4n) is 1.69. The highest BCUT2D eigenvalue weighted by molar-refractivity contribution is 7.91. The van der Waals surface area contributed by atoms with E-state index in [1.807, 2.05) is 0 Å². The van der Waals surface area contributed by atoms with Crippen molar-refractivity contribution >= 4 is 15.9 Å². The Hall–Kier alpha value is -1.60. The van der Waals surface area contributed by atoms with E-state index < -0.39 is 9.84 Å². The maximum Gasteiger partial charge on any atom is 0.314 e. The maximum absolute atomic E-state index is 12.0. The molecule has 0 spiro atoms. The van der Waals surface area contributed by atoms with Crippen molar-refractivity contribution in [2.45, 2.75) is 17.7 Å². The Morgan fingerprint density at radius 3 is 2.33 bits per heavy atom. The highest BCUT2D eigenvalue weighted by Crippen LogP contribution is 2.10. The molecule has 1 aromatic rings. The first-order valence-corrected chi connectivity index (χ1v) is 8.50. The average molecular weight is 314 g/mol. The molecule has 2 N–H and O–H groups in total. The first kappa shape index (κ1) is 17.5. The van der Waals surface area contributed by atoms with E-state index in [1.165, 1.54) is 0 Å². The van der Waals surface area contributed by atoms with Crippen LogP contribution in [0.4, 0.5) is 4.79 Å². The Morgan fingerprint density at radius 2 is 1.71 bits per heavy atom. The molecule has 0 bridgehead atoms. The van der Waals surface area contributed by atoms with E-state index >= 15 is 0 Å². The van der Waals surface area contributed by atoms with E-state index in [1.54, 1.807) is 37.4 Å². The lowest BCUT2D eigenvalue weighted by molar-refractivity contribution is 0.193. The topological polar surface area (TPSA) is 84.5 Å². The Balaban J connectivity index is 2.20. The minimum Gasteiger partial charge on any atom is -0.385 e. The van der Waals surface area contributed by atoms with Gasteiger partial charge in [0.1, 0.15) is 0 Å². The molecular formula is C14H22N2O4S. The van der Waals surface area contributed by atoms with Crippen LogP contribution in [-0.2, 0) is 14.6 Å². The molecule has 7 heteroatoms. The van der Waals surface area contributed by atoms with Crippen molar-refractivity contribution in [3.63, 3.8) is 0 Å². The molecule has 0 atom stereocenters. The van der Waals surface area contributed by atoms with Gasteiger partial charge in [0.25, 0.3) is 0 Å². The third-order valence-corrected chi connectivity index (χ3v) is 4.61. The molecule has 1 rings (SSSR count). The van der Waals surface area contributed by atoms with Crippen molar-refractivity contribution in [1.82, 2.24) is 10.6 Å². The summed E-state index contributed by atoms with van der Waals surface area (Å²) >= 11 is 0. The van der Waals surface area contributed by atoms with E-state index in [2.05, 4.69) is 10.6 Å². The summed E-state index contributed by atoms with van der Waals surface area (Å²) in [4.78, 5) is 11.7. The van der Waals surface area contributed by atoms with E-state index in [0.29, 0.717) is 31.0 Å². The summed E-state index contributed by atoms with van der Waals surface area (Å²) in [6, 6.07) is 8.02. The fourth-order valence-corrected chi connectivity index (χ4v) is 3.02. The largest absolute Gasteiger partial charge is 0.385 e. The monoisotopic (exact) mass is 314 g/mol. The van der Waals surface area contributed by atoms with Gasteiger partial charge in [0.15, 0.2) is 9.84 Å². The zero-order valence-corrected chi connectivity index (χ0v) is 13.0. The van der Waals surface area contributed by atoms with Gasteiger partial charge in [-0.1, -0.05) is 18.2 Å². The summed E-state index contributed by atoms with van der Waals surface area (Å²) in [6.07, 6.45) is 1.12. The smallest absolute Gasteiger partial charge is 0.314 e. The number of carbonyl (C=O) groups excluding carboxylic acids is 1. The first-order valence-electron chi connectivity index (χ1n) is 6.84. The summed E-state index contributed by atoms with van der Waals surface area (Å²) in [5.74, 6) is 0.0148. The van der Waals surface area contributed by atoms with E-state index in [0.717, 1.165) is 6.42 Å². The number of ether oxygens (including phenoxy) is 1. The van der Waals surface area contributed by atoms with Crippen molar-refractivity contribution in [2.24, 2.45) is 0 Å². The summed E-state index contributed by atoms with van der Waals surface area (Å²) in [5, 5.41) is 5.30. The Labute approximate surface area is 125 Å². The van der Waals surface area contributed by atoms with Crippen LogP contribution < -0.4 is 10.6 Å². The second-order valence-electron chi connectivity index (χ2n) is 4.51. The average Bonchev–Trinajstić information content (AvgIpc) is 2.49. The summed E-state index contributed by atoms with van der Waals surface area (Å²) in [5.41, 5.74) is 0. The minimum absolute atomic E-state index is 0.0148. The van der Waals surface area contributed by atoms with Gasteiger partial charge in [-0.05, 0) is 25.0 Å². The lowest BCUT2D eigenvalue weighted by Crippen LogP contribution is -2.37. The van der Waals surface area contributed by atoms with Crippen molar-refractivity contribution in [1.29, 1.82) is 0 Å². The van der Waals surface area contributed by atoms with Crippen LogP contribution in [0.25, 0.3) is 0 Å². The normalized spacial score (nSPS) is 11.1. The Bertz CT molecular complexity index is 517. The lowest BCUT2D eigenvalue weighted by Gasteiger charge is -2.08. The predicted molar refractivity (Wildman–Crippen MR) is 81.0 cm³/mol. The van der Waals surface area contributed by atoms with Gasteiger partial charge in [-0.15, -0.1) is 0 Å². The summed E-state index contributed by atoms with van der Waals surface area (Å²) < 4.78 is 28.8. The molecule has 0 aliphatic rings. The van der Waals surface area contributed by atoms with Crippen molar-refractivity contribution in [3.8, 4) is 0 Å². The molecule has 0 saturated carbocycles. The van der Waals surface area contributed by atoms with Gasteiger partial charge in [0.2, 0.25) is 0 Å². The number of nitrogens with one attached hydrogen (secondary N) is 2. The second-order valence-corrected chi connectivity index (χ2v) is 6.62. The number of urea groups is 1. The molecule has 0 radical (unpaired) electrons. The molecule has 0 unspecified atom stereocenters. The van der Waals surface area contributed by atoms with Gasteiger partial charge in [0, 0.05) is 26.8 Å². The molecule has 118 valence electrons. The highest BCUT2D eigenvalue weighted by atomic mass is 32.2. The maximum atomic E-state index is 12.0. The number of rotatable bonds is 9. The number of sulfone groups is 1. The van der Waals surface area contributed by atoms with E-state index in [4.69, 9.17) is 4.74 Å². The number of methoxy groups -OCH3 is 1. The Kier molecular flexibility index (Phi) is 7.78. The number of benzene rings is 1. The molecule has 0 aliphatic carbocycles. The molecule has 0 fully saturated rings. The van der Waals surface area contributed by atoms with Crippen LogP contribution in [0.5, 0.6) is 0 Å². The van der Waals surface area contributed by atoms with Gasteiger partial charge >= 0.3 is 6.03 Å². The standard InChI is InChI=1S/C14H22N2O4S/c1-20-11-5-9-15-14(17)16-10-6-12-21(18,19)13-7-3-2-4-8-13/h2-4,7-8H,5-6,9-12H2,1H3,(H2,15,16,17). The van der Waals surface area contributed by atoms with Crippen LogP contribution in [0.2, 0.25) is 0 Å². The molecule has 0 aliphatic heterocycles. The third kappa shape index (κ3) is 7.10. The molecule has 0 saturated heterocycles. The van der Waals surface area contributed by atoms with Gasteiger partial charge in [0.05, 0.1) is 10.6 Å². The van der Waals surface area contributed by atoms with Crippen LogP contribution in [0.15, 0.2) is 35.2 Å². The third-order valence-electron chi connectivity index (χ3n) is 2.79. The van der Waals surface area contributed by atoms with Crippen LogP contribution in [0.1, 0.15) is 12.8 Å². The lowest BCUT2D eigenvalue weighted by atomic mass is 10.4. The van der Waals surface area contributed by atoms with Crippen LogP contribution in [0, 0.1) is 0 Å². The summed E-state index contributed by atoms with van der Waals surface area (Å²) in [7, 11) is -1.67. The zero-order chi connectivity index (χ0) is 15.6. The minimum atomic E-state index is -3.27. The SMILES string of the molecule is COCCCNC(=O)NCCCS(=O)(=O)c1ccccc1. The van der Waals surface area contributed by atoms with Crippen molar-refractivity contribution in [3.05, 3.63) is 30.3 Å². The number of hydrogen-bond acceptors (Lipinski definition) is 4. The Morgan fingerprint density at radius 1 is 1.10 bits per heavy atom. The van der Waals surface area contributed by atoms with E-state index in [-0.39, 0.29) is 11.8 Å². The second kappa shape index (κ2) is 9.36. The zero-order valence-electron chi connectivity index (χ0n) is 12.2. The van der Waals surface area contributed by atoms with E-state index in [9.17, 15) is 13.2 Å². The molecule has 21 heavy (non-hydrogen) atoms. The molecule has 2 amide bonds. The first-order chi connectivity index (χ1) is 10.1. The quantitative estimate of drug-likeness (QED) is 0.671. The summed E-state index contributed by atoms with van der Waals surface area (Å²) in [6.45, 7) is 1.44. The van der Waals surface area contributed by atoms with Crippen LogP contribution >= 0.6 is 0 Å². The molecule has 1 aromatic carbocycles. The van der Waals surface area contributed by atoms with Gasteiger partial charge in [-0.25, -0.2) is 13.2 Å². The van der Waals surface area contributed by atoms with Gasteiger partial charge in [-0.2, -0.15) is 0 Å². The fraction of sp³-hybridized carbons (Fsp3) is 0.500. The molecule has 0 aromatic heterocycles. The molecule has 6 nitrogen and oxygen atoms in total.